The molecule has 0 aliphatic heterocycles. The van der Waals surface area contributed by atoms with Gasteiger partial charge in [0.15, 0.2) is 0 Å². The molecule has 2 aromatic carbocycles. The van der Waals surface area contributed by atoms with E-state index in [1.807, 2.05) is 6.07 Å². The van der Waals surface area contributed by atoms with E-state index in [1.165, 1.54) is 6.07 Å². The van der Waals surface area contributed by atoms with Gasteiger partial charge in [0, 0.05) is 23.0 Å². The van der Waals surface area contributed by atoms with Crippen molar-refractivity contribution in [2.24, 2.45) is 11.8 Å². The van der Waals surface area contributed by atoms with E-state index in [9.17, 15) is 22.8 Å². The fourth-order valence-electron chi connectivity index (χ4n) is 3.56. The number of halogens is 3. The van der Waals surface area contributed by atoms with Crippen molar-refractivity contribution >= 4 is 29.0 Å². The van der Waals surface area contributed by atoms with Crippen molar-refractivity contribution in [2.75, 3.05) is 16.0 Å². The van der Waals surface area contributed by atoms with E-state index in [4.69, 9.17) is 0 Å². The lowest BCUT2D eigenvalue weighted by Crippen LogP contribution is -2.39. The van der Waals surface area contributed by atoms with Crippen LogP contribution >= 0.6 is 0 Å². The van der Waals surface area contributed by atoms with Crippen LogP contribution in [0.2, 0.25) is 0 Å². The maximum atomic E-state index is 13.2. The number of urea groups is 1. The Bertz CT molecular complexity index is 856. The van der Waals surface area contributed by atoms with Crippen LogP contribution in [-0.2, 0) is 4.79 Å². The third kappa shape index (κ3) is 5.73. The quantitative estimate of drug-likeness (QED) is 0.616. The highest BCUT2D eigenvalue weighted by molar-refractivity contribution is 6.00. The van der Waals surface area contributed by atoms with Gasteiger partial charge in [-0.3, -0.25) is 4.79 Å². The molecule has 1 aliphatic carbocycles. The number of carbonyl (C=O) groups excluding carboxylic acids is 2. The lowest BCUT2D eigenvalue weighted by molar-refractivity contribution is -0.197. The minimum Gasteiger partial charge on any atom is -0.326 e. The van der Waals surface area contributed by atoms with Crippen LogP contribution in [0.25, 0.3) is 0 Å². The molecule has 2 aromatic rings. The molecule has 154 valence electrons. The van der Waals surface area contributed by atoms with Crippen molar-refractivity contribution in [3.8, 4) is 0 Å². The average molecular weight is 405 g/mol. The number of hydrogen-bond acceptors (Lipinski definition) is 2. The lowest BCUT2D eigenvalue weighted by Gasteiger charge is -2.32. The first-order valence-electron chi connectivity index (χ1n) is 9.43. The van der Waals surface area contributed by atoms with Gasteiger partial charge in [-0.2, -0.15) is 13.2 Å². The SMILES string of the molecule is O=C(Nc1ccccc1)Nc1cccc(NC(=O)C2CCCCC2C(F)(F)F)c1. The Labute approximate surface area is 166 Å². The normalized spacial score (nSPS) is 19.3. The highest BCUT2D eigenvalue weighted by Gasteiger charge is 2.48. The summed E-state index contributed by atoms with van der Waals surface area (Å²) in [5.74, 6) is -3.35. The second kappa shape index (κ2) is 8.98. The summed E-state index contributed by atoms with van der Waals surface area (Å²) in [6.45, 7) is 0. The van der Waals surface area contributed by atoms with Crippen LogP contribution in [0.4, 0.5) is 35.0 Å². The van der Waals surface area contributed by atoms with Crippen LogP contribution in [0.3, 0.4) is 0 Å². The maximum absolute atomic E-state index is 13.2. The van der Waals surface area contributed by atoms with Gasteiger partial charge in [-0.15, -0.1) is 0 Å². The number of para-hydroxylation sites is 1. The van der Waals surface area contributed by atoms with Crippen LogP contribution in [0.1, 0.15) is 25.7 Å². The van der Waals surface area contributed by atoms with Crippen molar-refractivity contribution in [3.63, 3.8) is 0 Å². The van der Waals surface area contributed by atoms with Crippen molar-refractivity contribution in [3.05, 3.63) is 54.6 Å². The van der Waals surface area contributed by atoms with Gasteiger partial charge >= 0.3 is 12.2 Å². The van der Waals surface area contributed by atoms with Gasteiger partial charge in [0.05, 0.1) is 5.92 Å². The molecule has 5 nitrogen and oxygen atoms in total. The highest BCUT2D eigenvalue weighted by Crippen LogP contribution is 2.41. The molecule has 1 aliphatic rings. The monoisotopic (exact) mass is 405 g/mol. The molecule has 1 fully saturated rings. The molecule has 3 rings (SSSR count). The number of anilines is 3. The third-order valence-corrected chi connectivity index (χ3v) is 4.94. The molecule has 29 heavy (non-hydrogen) atoms. The van der Waals surface area contributed by atoms with E-state index >= 15 is 0 Å². The van der Waals surface area contributed by atoms with E-state index in [0.29, 0.717) is 29.9 Å². The molecule has 0 radical (unpaired) electrons. The molecule has 1 saturated carbocycles. The van der Waals surface area contributed by atoms with Gasteiger partial charge in [-0.25, -0.2) is 4.79 Å². The first-order valence-corrected chi connectivity index (χ1v) is 9.43. The van der Waals surface area contributed by atoms with E-state index in [-0.39, 0.29) is 12.8 Å². The van der Waals surface area contributed by atoms with Gasteiger partial charge in [0.25, 0.3) is 0 Å². The number of amides is 3. The highest BCUT2D eigenvalue weighted by atomic mass is 19.4. The standard InChI is InChI=1S/C21H22F3N3O2/c22-21(23,24)18-12-5-4-11-17(18)19(28)25-15-9-6-10-16(13-15)27-20(29)26-14-7-2-1-3-8-14/h1-3,6-10,13,17-18H,4-5,11-12H2,(H,25,28)(H2,26,27,29). The molecule has 0 bridgehead atoms. The van der Waals surface area contributed by atoms with Crippen molar-refractivity contribution < 1.29 is 22.8 Å². The Morgan fingerprint density at radius 2 is 1.38 bits per heavy atom. The van der Waals surface area contributed by atoms with Crippen molar-refractivity contribution in [1.29, 1.82) is 0 Å². The second-order valence-electron chi connectivity index (χ2n) is 7.05. The summed E-state index contributed by atoms with van der Waals surface area (Å²) in [5, 5.41) is 7.86. The maximum Gasteiger partial charge on any atom is 0.392 e. The molecule has 0 saturated heterocycles. The minimum absolute atomic E-state index is 0.0250. The number of rotatable bonds is 4. The van der Waals surface area contributed by atoms with E-state index < -0.39 is 30.0 Å². The predicted octanol–water partition coefficient (Wildman–Crippen LogP) is 5.64. The van der Waals surface area contributed by atoms with Crippen LogP contribution in [0.15, 0.2) is 54.6 Å². The number of nitrogens with one attached hydrogen (secondary N) is 3. The fraction of sp³-hybridized carbons (Fsp3) is 0.333. The summed E-state index contributed by atoms with van der Waals surface area (Å²) in [7, 11) is 0. The molecule has 0 spiro atoms. The molecule has 0 heterocycles. The van der Waals surface area contributed by atoms with Crippen molar-refractivity contribution in [1.82, 2.24) is 0 Å². The summed E-state index contributed by atoms with van der Waals surface area (Å²) >= 11 is 0. The first kappa shape index (κ1) is 20.7. The Kier molecular flexibility index (Phi) is 6.41. The molecule has 3 amide bonds. The molecule has 0 aromatic heterocycles. The smallest absolute Gasteiger partial charge is 0.326 e. The first-order chi connectivity index (χ1) is 13.8. The van der Waals surface area contributed by atoms with E-state index in [0.717, 1.165) is 0 Å². The summed E-state index contributed by atoms with van der Waals surface area (Å²) in [6, 6.07) is 14.7. The number of hydrogen-bond donors (Lipinski definition) is 3. The lowest BCUT2D eigenvalue weighted by atomic mass is 9.78. The van der Waals surface area contributed by atoms with Gasteiger partial charge < -0.3 is 16.0 Å². The van der Waals surface area contributed by atoms with Crippen LogP contribution in [-0.4, -0.2) is 18.1 Å². The predicted molar refractivity (Wildman–Crippen MR) is 106 cm³/mol. The zero-order valence-electron chi connectivity index (χ0n) is 15.6. The molecule has 8 heteroatoms. The van der Waals surface area contributed by atoms with Crippen LogP contribution < -0.4 is 16.0 Å². The second-order valence-corrected chi connectivity index (χ2v) is 7.05. The zero-order chi connectivity index (χ0) is 20.9. The van der Waals surface area contributed by atoms with Crippen LogP contribution in [0, 0.1) is 11.8 Å². The molecule has 3 N–H and O–H groups in total. The summed E-state index contributed by atoms with van der Waals surface area (Å²) in [4.78, 5) is 24.6. The number of carbonyl (C=O) groups is 2. The Morgan fingerprint density at radius 3 is 2.07 bits per heavy atom. The largest absolute Gasteiger partial charge is 0.392 e. The zero-order valence-corrected chi connectivity index (χ0v) is 15.6. The summed E-state index contributed by atoms with van der Waals surface area (Å²) in [6.07, 6.45) is -3.12. The van der Waals surface area contributed by atoms with Gasteiger partial charge in [0.2, 0.25) is 5.91 Å². The summed E-state index contributed by atoms with van der Waals surface area (Å²) < 4.78 is 39.7. The molecular weight excluding hydrogens is 383 g/mol. The Hall–Kier alpha value is -3.03. The topological polar surface area (TPSA) is 70.2 Å². The fourth-order valence-corrected chi connectivity index (χ4v) is 3.56. The number of benzene rings is 2. The van der Waals surface area contributed by atoms with E-state index in [1.54, 1.807) is 42.5 Å². The Balaban J connectivity index is 1.63. The minimum atomic E-state index is -4.39. The third-order valence-electron chi connectivity index (χ3n) is 4.94. The Morgan fingerprint density at radius 1 is 0.793 bits per heavy atom. The van der Waals surface area contributed by atoms with Gasteiger partial charge in [0.1, 0.15) is 0 Å². The van der Waals surface area contributed by atoms with Gasteiger partial charge in [-0.05, 0) is 43.2 Å². The van der Waals surface area contributed by atoms with Gasteiger partial charge in [-0.1, -0.05) is 37.1 Å². The van der Waals surface area contributed by atoms with Crippen molar-refractivity contribution in [2.45, 2.75) is 31.9 Å². The number of alkyl halides is 3. The van der Waals surface area contributed by atoms with Crippen LogP contribution in [0.5, 0.6) is 0 Å². The molecule has 2 unspecified atom stereocenters. The summed E-state index contributed by atoms with van der Waals surface area (Å²) in [5.41, 5.74) is 1.36. The molecule has 2 atom stereocenters. The molecular formula is C21H22F3N3O2. The average Bonchev–Trinajstić information content (AvgIpc) is 2.68. The van der Waals surface area contributed by atoms with E-state index in [2.05, 4.69) is 16.0 Å².